The lowest BCUT2D eigenvalue weighted by molar-refractivity contribution is 0.115. The van der Waals surface area contributed by atoms with Crippen molar-refractivity contribution in [3.63, 3.8) is 0 Å². The average molecular weight is 222 g/mol. The smallest absolute Gasteiger partial charge is 0.0334 e. The molecule has 2 nitrogen and oxygen atoms in total. The molecule has 0 aromatic rings. The van der Waals surface area contributed by atoms with Crippen molar-refractivity contribution in [2.24, 2.45) is 23.5 Å². The molecule has 3 rings (SSSR count). The average Bonchev–Trinajstić information content (AvgIpc) is 2.90. The van der Waals surface area contributed by atoms with Gasteiger partial charge in [-0.2, -0.15) is 0 Å². The van der Waals surface area contributed by atoms with Gasteiger partial charge in [0.05, 0.1) is 0 Å². The molecule has 4 unspecified atom stereocenters. The minimum atomic E-state index is 0.393. The molecule has 1 saturated heterocycles. The Hall–Kier alpha value is -0.0800. The first-order valence-electron chi connectivity index (χ1n) is 7.19. The van der Waals surface area contributed by atoms with Crippen LogP contribution in [0.4, 0.5) is 0 Å². The summed E-state index contributed by atoms with van der Waals surface area (Å²) in [7, 11) is 0. The van der Waals surface area contributed by atoms with Crippen molar-refractivity contribution in [2.75, 3.05) is 19.6 Å². The Kier molecular flexibility index (Phi) is 2.75. The Labute approximate surface area is 99.6 Å². The first-order chi connectivity index (χ1) is 7.73. The third-order valence-electron chi connectivity index (χ3n) is 5.61. The maximum Gasteiger partial charge on any atom is 0.0334 e. The lowest BCUT2D eigenvalue weighted by atomic mass is 9.94. The summed E-state index contributed by atoms with van der Waals surface area (Å²) in [5, 5.41) is 0. The van der Waals surface area contributed by atoms with Crippen LogP contribution in [0.15, 0.2) is 0 Å². The van der Waals surface area contributed by atoms with E-state index in [0.29, 0.717) is 5.54 Å². The summed E-state index contributed by atoms with van der Waals surface area (Å²) >= 11 is 0. The van der Waals surface area contributed by atoms with Gasteiger partial charge >= 0.3 is 0 Å². The fraction of sp³-hybridized carbons (Fsp3) is 1.00. The highest BCUT2D eigenvalue weighted by Gasteiger charge is 2.47. The number of nitrogens with two attached hydrogens (primary N) is 1. The number of rotatable bonds is 2. The second-order valence-corrected chi connectivity index (χ2v) is 6.63. The molecule has 4 atom stereocenters. The monoisotopic (exact) mass is 222 g/mol. The summed E-state index contributed by atoms with van der Waals surface area (Å²) in [5.74, 6) is 2.92. The Morgan fingerprint density at radius 2 is 1.88 bits per heavy atom. The molecule has 2 N–H and O–H groups in total. The van der Waals surface area contributed by atoms with Crippen molar-refractivity contribution in [1.29, 1.82) is 0 Å². The molecule has 2 aliphatic carbocycles. The number of hydrogen-bond acceptors (Lipinski definition) is 2. The molecule has 0 aromatic carbocycles. The number of likely N-dealkylation sites (tertiary alicyclic amines) is 1. The Balaban J connectivity index is 1.72. The molecule has 0 bridgehead atoms. The van der Waals surface area contributed by atoms with E-state index in [-0.39, 0.29) is 0 Å². The van der Waals surface area contributed by atoms with Gasteiger partial charge in [-0.05, 0) is 49.9 Å². The molecule has 3 aliphatic rings. The van der Waals surface area contributed by atoms with Crippen molar-refractivity contribution in [1.82, 2.24) is 4.90 Å². The molecule has 2 heteroatoms. The van der Waals surface area contributed by atoms with E-state index in [1.807, 2.05) is 0 Å². The first-order valence-corrected chi connectivity index (χ1v) is 7.19. The van der Waals surface area contributed by atoms with Crippen LogP contribution in [-0.2, 0) is 0 Å². The minimum absolute atomic E-state index is 0.393. The van der Waals surface area contributed by atoms with Crippen molar-refractivity contribution >= 4 is 0 Å². The molecule has 2 saturated carbocycles. The van der Waals surface area contributed by atoms with Gasteiger partial charge in [0, 0.05) is 25.2 Å². The second kappa shape index (κ2) is 3.99. The number of fused-ring (bicyclic) bond motifs is 1. The van der Waals surface area contributed by atoms with Crippen LogP contribution in [0.5, 0.6) is 0 Å². The standard InChI is InChI=1S/C14H26N2/c1-11-5-6-14(7-11,10-15)16-8-12-3-2-4-13(12)9-16/h11-13H,2-10,15H2,1H3. The molecule has 0 spiro atoms. The zero-order valence-corrected chi connectivity index (χ0v) is 10.6. The third kappa shape index (κ3) is 1.62. The van der Waals surface area contributed by atoms with E-state index in [4.69, 9.17) is 5.73 Å². The van der Waals surface area contributed by atoms with Crippen LogP contribution in [0.3, 0.4) is 0 Å². The van der Waals surface area contributed by atoms with Crippen molar-refractivity contribution in [3.05, 3.63) is 0 Å². The maximum atomic E-state index is 6.12. The van der Waals surface area contributed by atoms with E-state index in [1.54, 1.807) is 0 Å². The quantitative estimate of drug-likeness (QED) is 0.776. The Bertz CT molecular complexity index is 253. The summed E-state index contributed by atoms with van der Waals surface area (Å²) in [6.07, 6.45) is 8.54. The van der Waals surface area contributed by atoms with Gasteiger partial charge in [0.1, 0.15) is 0 Å². The molecule has 16 heavy (non-hydrogen) atoms. The zero-order chi connectivity index (χ0) is 11.2. The molecule has 92 valence electrons. The van der Waals surface area contributed by atoms with Gasteiger partial charge in [-0.15, -0.1) is 0 Å². The van der Waals surface area contributed by atoms with E-state index < -0.39 is 0 Å². The predicted octanol–water partition coefficient (Wildman–Crippen LogP) is 2.24. The summed E-state index contributed by atoms with van der Waals surface area (Å²) in [6, 6.07) is 0. The van der Waals surface area contributed by atoms with Crippen molar-refractivity contribution in [3.8, 4) is 0 Å². The van der Waals surface area contributed by atoms with E-state index >= 15 is 0 Å². The fourth-order valence-corrected chi connectivity index (χ4v) is 4.59. The highest BCUT2D eigenvalue weighted by atomic mass is 15.2. The number of hydrogen-bond donors (Lipinski definition) is 1. The Morgan fingerprint density at radius 3 is 2.38 bits per heavy atom. The van der Waals surface area contributed by atoms with E-state index in [0.717, 1.165) is 24.3 Å². The minimum Gasteiger partial charge on any atom is -0.329 e. The van der Waals surface area contributed by atoms with Gasteiger partial charge in [-0.3, -0.25) is 4.90 Å². The topological polar surface area (TPSA) is 29.3 Å². The molecule has 1 aliphatic heterocycles. The van der Waals surface area contributed by atoms with Crippen molar-refractivity contribution < 1.29 is 0 Å². The van der Waals surface area contributed by atoms with Crippen LogP contribution in [0.2, 0.25) is 0 Å². The lowest BCUT2D eigenvalue weighted by Gasteiger charge is -2.39. The van der Waals surface area contributed by atoms with Crippen LogP contribution in [0.1, 0.15) is 45.4 Å². The normalized spacial score (nSPS) is 48.8. The van der Waals surface area contributed by atoms with Crippen LogP contribution in [-0.4, -0.2) is 30.1 Å². The van der Waals surface area contributed by atoms with E-state index in [1.165, 1.54) is 51.6 Å². The SMILES string of the molecule is CC1CCC(CN)(N2CC3CCCC3C2)C1. The molecule has 0 amide bonds. The van der Waals surface area contributed by atoms with Crippen LogP contribution in [0.25, 0.3) is 0 Å². The zero-order valence-electron chi connectivity index (χ0n) is 10.6. The van der Waals surface area contributed by atoms with Gasteiger partial charge < -0.3 is 5.73 Å². The van der Waals surface area contributed by atoms with Gasteiger partial charge in [-0.25, -0.2) is 0 Å². The van der Waals surface area contributed by atoms with Crippen LogP contribution >= 0.6 is 0 Å². The first kappa shape index (κ1) is 11.0. The second-order valence-electron chi connectivity index (χ2n) is 6.63. The molecular formula is C14H26N2. The van der Waals surface area contributed by atoms with Crippen LogP contribution in [0, 0.1) is 17.8 Å². The molecule has 0 aromatic heterocycles. The maximum absolute atomic E-state index is 6.12. The predicted molar refractivity (Wildman–Crippen MR) is 67.2 cm³/mol. The van der Waals surface area contributed by atoms with Crippen molar-refractivity contribution in [2.45, 2.75) is 51.0 Å². The van der Waals surface area contributed by atoms with Crippen LogP contribution < -0.4 is 5.73 Å². The largest absolute Gasteiger partial charge is 0.329 e. The van der Waals surface area contributed by atoms with Gasteiger partial charge in [0.15, 0.2) is 0 Å². The molecule has 1 heterocycles. The number of nitrogens with zero attached hydrogens (tertiary/aromatic N) is 1. The lowest BCUT2D eigenvalue weighted by Crippen LogP contribution is -2.51. The van der Waals surface area contributed by atoms with Gasteiger partial charge in [0.25, 0.3) is 0 Å². The molecule has 3 fully saturated rings. The van der Waals surface area contributed by atoms with E-state index in [9.17, 15) is 0 Å². The Morgan fingerprint density at radius 1 is 1.19 bits per heavy atom. The molecular weight excluding hydrogens is 196 g/mol. The molecule has 0 radical (unpaired) electrons. The highest BCUT2D eigenvalue weighted by Crippen LogP contribution is 2.45. The summed E-state index contributed by atoms with van der Waals surface area (Å²) in [6.45, 7) is 5.99. The highest BCUT2D eigenvalue weighted by molar-refractivity contribution is 5.03. The third-order valence-corrected chi connectivity index (χ3v) is 5.61. The van der Waals surface area contributed by atoms with Gasteiger partial charge in [0.2, 0.25) is 0 Å². The summed E-state index contributed by atoms with van der Waals surface area (Å²) in [5.41, 5.74) is 6.51. The van der Waals surface area contributed by atoms with Gasteiger partial charge in [-0.1, -0.05) is 13.3 Å². The summed E-state index contributed by atoms with van der Waals surface area (Å²) in [4.78, 5) is 2.78. The van der Waals surface area contributed by atoms with E-state index in [2.05, 4.69) is 11.8 Å². The fourth-order valence-electron chi connectivity index (χ4n) is 4.59. The summed E-state index contributed by atoms with van der Waals surface area (Å²) < 4.78 is 0.